The van der Waals surface area contributed by atoms with Gasteiger partial charge in [-0.25, -0.2) is 0 Å². The lowest BCUT2D eigenvalue weighted by Crippen LogP contribution is -2.06. The van der Waals surface area contributed by atoms with Crippen LogP contribution in [0.1, 0.15) is 65.6 Å². The Morgan fingerprint density at radius 3 is 2.64 bits per heavy atom. The summed E-state index contributed by atoms with van der Waals surface area (Å²) < 4.78 is 17.2. The number of ether oxygens (including phenoxy) is 1. The van der Waals surface area contributed by atoms with Crippen LogP contribution in [0.25, 0.3) is 0 Å². The highest BCUT2D eigenvalue weighted by Crippen LogP contribution is 2.41. The van der Waals surface area contributed by atoms with E-state index >= 15 is 0 Å². The van der Waals surface area contributed by atoms with Gasteiger partial charge in [0.25, 0.3) is 0 Å². The maximum absolute atomic E-state index is 6.04. The van der Waals surface area contributed by atoms with Gasteiger partial charge in [0, 0.05) is 12.2 Å². The second-order valence-corrected chi connectivity index (χ2v) is 6.54. The van der Waals surface area contributed by atoms with Crippen molar-refractivity contribution in [2.24, 2.45) is 0 Å². The van der Waals surface area contributed by atoms with E-state index < -0.39 is 0 Å². The highest BCUT2D eigenvalue weighted by atomic mass is 16.5. The molecular weight excluding hydrogens is 318 g/mol. The van der Waals surface area contributed by atoms with Crippen molar-refractivity contribution in [1.29, 1.82) is 0 Å². The van der Waals surface area contributed by atoms with Crippen LogP contribution < -0.4 is 0 Å². The molecule has 0 aliphatic carbocycles. The standard InChI is InChI=1S/C19H21N3O3/c1-11(16-12(2)22-25-13(16)3)18-20-21-19(24-18)15-9-10-23-17(15)14-7-5-4-6-8-14/h4-8,11,15,17H,9-10H2,1-3H3/t11?,15-,17+/m0/s1. The van der Waals surface area contributed by atoms with Crippen molar-refractivity contribution in [2.45, 2.75) is 45.1 Å². The van der Waals surface area contributed by atoms with Gasteiger partial charge in [-0.05, 0) is 32.8 Å². The Balaban J connectivity index is 1.61. The molecule has 2 aromatic heterocycles. The molecule has 130 valence electrons. The molecule has 0 spiro atoms. The van der Waals surface area contributed by atoms with Crippen LogP contribution in [0, 0.1) is 13.8 Å². The second-order valence-electron chi connectivity index (χ2n) is 6.54. The topological polar surface area (TPSA) is 74.2 Å². The fourth-order valence-electron chi connectivity index (χ4n) is 3.62. The van der Waals surface area contributed by atoms with E-state index in [1.807, 2.05) is 39.0 Å². The molecule has 1 aromatic carbocycles. The van der Waals surface area contributed by atoms with Gasteiger partial charge < -0.3 is 13.7 Å². The molecule has 0 bridgehead atoms. The Bertz CT molecular complexity index is 836. The third-order valence-electron chi connectivity index (χ3n) is 4.89. The maximum Gasteiger partial charge on any atom is 0.223 e. The normalized spacial score (nSPS) is 21.6. The minimum Gasteiger partial charge on any atom is -0.424 e. The molecule has 1 saturated heterocycles. The average molecular weight is 339 g/mol. The minimum atomic E-state index is -0.0509. The van der Waals surface area contributed by atoms with Gasteiger partial charge in [0.05, 0.1) is 23.6 Å². The zero-order valence-corrected chi connectivity index (χ0v) is 14.6. The summed E-state index contributed by atoms with van der Waals surface area (Å²) in [7, 11) is 0. The quantitative estimate of drug-likeness (QED) is 0.713. The van der Waals surface area contributed by atoms with E-state index in [1.54, 1.807) is 0 Å². The van der Waals surface area contributed by atoms with Crippen LogP contribution in [-0.4, -0.2) is 22.0 Å². The SMILES string of the molecule is Cc1noc(C)c1C(C)c1nnc([C@H]2CCO[C@@H]2c2ccccc2)o1. The summed E-state index contributed by atoms with van der Waals surface area (Å²) in [6, 6.07) is 10.2. The molecule has 0 amide bonds. The molecule has 6 heteroatoms. The van der Waals surface area contributed by atoms with Gasteiger partial charge >= 0.3 is 0 Å². The van der Waals surface area contributed by atoms with Gasteiger partial charge in [0.1, 0.15) is 5.76 Å². The lowest BCUT2D eigenvalue weighted by atomic mass is 9.95. The van der Waals surface area contributed by atoms with Gasteiger partial charge in [-0.2, -0.15) is 0 Å². The Morgan fingerprint density at radius 1 is 1.12 bits per heavy atom. The van der Waals surface area contributed by atoms with Crippen molar-refractivity contribution < 1.29 is 13.7 Å². The van der Waals surface area contributed by atoms with Crippen molar-refractivity contribution in [3.05, 3.63) is 64.7 Å². The number of hydrogen-bond donors (Lipinski definition) is 0. The minimum absolute atomic E-state index is 0.0381. The van der Waals surface area contributed by atoms with Crippen molar-refractivity contribution >= 4 is 0 Å². The van der Waals surface area contributed by atoms with Crippen LogP contribution in [0.5, 0.6) is 0 Å². The van der Waals surface area contributed by atoms with E-state index in [0.717, 1.165) is 29.0 Å². The van der Waals surface area contributed by atoms with Crippen LogP contribution in [0.15, 0.2) is 39.3 Å². The lowest BCUT2D eigenvalue weighted by molar-refractivity contribution is 0.0996. The van der Waals surface area contributed by atoms with Crippen LogP contribution >= 0.6 is 0 Å². The largest absolute Gasteiger partial charge is 0.424 e. The van der Waals surface area contributed by atoms with Gasteiger partial charge in [-0.15, -0.1) is 10.2 Å². The fourth-order valence-corrected chi connectivity index (χ4v) is 3.62. The van der Waals surface area contributed by atoms with Gasteiger partial charge in [0.15, 0.2) is 0 Å². The fraction of sp³-hybridized carbons (Fsp3) is 0.421. The first-order valence-corrected chi connectivity index (χ1v) is 8.57. The molecule has 1 fully saturated rings. The Hall–Kier alpha value is -2.47. The number of benzene rings is 1. The predicted octanol–water partition coefficient (Wildman–Crippen LogP) is 4.07. The molecule has 25 heavy (non-hydrogen) atoms. The predicted molar refractivity (Wildman–Crippen MR) is 90.3 cm³/mol. The summed E-state index contributed by atoms with van der Waals surface area (Å²) >= 11 is 0. The summed E-state index contributed by atoms with van der Waals surface area (Å²) in [5.41, 5.74) is 3.01. The first kappa shape index (κ1) is 16.0. The van der Waals surface area contributed by atoms with Crippen LogP contribution in [0.3, 0.4) is 0 Å². The van der Waals surface area contributed by atoms with Crippen LogP contribution in [0.2, 0.25) is 0 Å². The summed E-state index contributed by atoms with van der Waals surface area (Å²) in [5, 5.41) is 12.6. The highest BCUT2D eigenvalue weighted by molar-refractivity contribution is 5.29. The molecule has 3 aromatic rings. The molecule has 6 nitrogen and oxygen atoms in total. The number of hydrogen-bond acceptors (Lipinski definition) is 6. The molecular formula is C19H21N3O3. The third kappa shape index (κ3) is 2.87. The summed E-state index contributed by atoms with van der Waals surface area (Å²) in [4.78, 5) is 0. The van der Waals surface area contributed by atoms with Gasteiger partial charge in [-0.1, -0.05) is 35.5 Å². The monoisotopic (exact) mass is 339 g/mol. The van der Waals surface area contributed by atoms with Crippen molar-refractivity contribution in [3.8, 4) is 0 Å². The van der Waals surface area contributed by atoms with E-state index in [4.69, 9.17) is 13.7 Å². The first-order chi connectivity index (χ1) is 12.1. The molecule has 0 N–H and O–H groups in total. The lowest BCUT2D eigenvalue weighted by Gasteiger charge is -2.15. The second kappa shape index (κ2) is 6.44. The van der Waals surface area contributed by atoms with E-state index in [1.165, 1.54) is 0 Å². The van der Waals surface area contributed by atoms with E-state index in [9.17, 15) is 0 Å². The zero-order chi connectivity index (χ0) is 17.4. The van der Waals surface area contributed by atoms with Gasteiger partial charge in [0.2, 0.25) is 11.8 Å². The number of aromatic nitrogens is 3. The number of aryl methyl sites for hydroxylation is 2. The summed E-state index contributed by atoms with van der Waals surface area (Å²) in [6.07, 6.45) is 0.838. The highest BCUT2D eigenvalue weighted by Gasteiger charge is 2.35. The van der Waals surface area contributed by atoms with Crippen LogP contribution in [-0.2, 0) is 4.74 Å². The molecule has 1 aliphatic rings. The zero-order valence-electron chi connectivity index (χ0n) is 14.6. The molecule has 1 aliphatic heterocycles. The van der Waals surface area contributed by atoms with Crippen molar-refractivity contribution in [1.82, 2.24) is 15.4 Å². The van der Waals surface area contributed by atoms with Crippen LogP contribution in [0.4, 0.5) is 0 Å². The van der Waals surface area contributed by atoms with E-state index in [2.05, 4.69) is 27.5 Å². The molecule has 0 saturated carbocycles. The summed E-state index contributed by atoms with van der Waals surface area (Å²) in [5.74, 6) is 2.05. The Labute approximate surface area is 146 Å². The van der Waals surface area contributed by atoms with E-state index in [-0.39, 0.29) is 17.9 Å². The third-order valence-corrected chi connectivity index (χ3v) is 4.89. The average Bonchev–Trinajstić information content (AvgIpc) is 3.35. The smallest absolute Gasteiger partial charge is 0.223 e. The molecule has 0 radical (unpaired) electrons. The maximum atomic E-state index is 6.04. The summed E-state index contributed by atoms with van der Waals surface area (Å²) in [6.45, 7) is 6.56. The molecule has 3 heterocycles. The van der Waals surface area contributed by atoms with Gasteiger partial charge in [-0.3, -0.25) is 0 Å². The number of nitrogens with zero attached hydrogens (tertiary/aromatic N) is 3. The van der Waals surface area contributed by atoms with E-state index in [0.29, 0.717) is 18.4 Å². The molecule has 4 rings (SSSR count). The first-order valence-electron chi connectivity index (χ1n) is 8.57. The number of rotatable bonds is 4. The molecule has 1 unspecified atom stereocenters. The van der Waals surface area contributed by atoms with Crippen molar-refractivity contribution in [3.63, 3.8) is 0 Å². The molecule has 3 atom stereocenters. The Kier molecular flexibility index (Phi) is 4.13. The van der Waals surface area contributed by atoms with Crippen molar-refractivity contribution in [2.75, 3.05) is 6.61 Å². The Morgan fingerprint density at radius 2 is 1.92 bits per heavy atom.